The first-order valence-corrected chi connectivity index (χ1v) is 5.46. The molecule has 1 amide bonds. The second kappa shape index (κ2) is 6.27. The number of nitrogens with one attached hydrogen (secondary N) is 1. The molecular weight excluding hydrogens is 190 g/mol. The lowest BCUT2D eigenvalue weighted by atomic mass is 10.3. The number of hydrogen-bond acceptors (Lipinski definition) is 2. The van der Waals surface area contributed by atoms with Crippen molar-refractivity contribution in [1.82, 2.24) is 5.32 Å². The highest BCUT2D eigenvalue weighted by Crippen LogP contribution is 2.29. The minimum Gasteiger partial charge on any atom is -0.498 e. The molecule has 1 saturated carbocycles. The maximum atomic E-state index is 10.2. The van der Waals surface area contributed by atoms with Gasteiger partial charge in [0.05, 0.1) is 12.4 Å². The average Bonchev–Trinajstić information content (AvgIpc) is 3.05. The molecule has 1 fully saturated rings. The fourth-order valence-electron chi connectivity index (χ4n) is 1.14. The number of carbonyl (C=O) groups is 1. The van der Waals surface area contributed by atoms with Gasteiger partial charge in [-0.2, -0.15) is 0 Å². The molecule has 1 aliphatic rings. The summed E-state index contributed by atoms with van der Waals surface area (Å²) in [4.78, 5) is 10.2. The molecule has 1 aliphatic carbocycles. The van der Waals surface area contributed by atoms with E-state index in [0.717, 1.165) is 30.4 Å². The molecule has 0 radical (unpaired) electrons. The molecule has 0 aromatic heterocycles. The first-order valence-electron chi connectivity index (χ1n) is 5.46. The maximum absolute atomic E-state index is 10.2. The van der Waals surface area contributed by atoms with E-state index < -0.39 is 0 Å². The monoisotopic (exact) mass is 209 g/mol. The van der Waals surface area contributed by atoms with Gasteiger partial charge < -0.3 is 10.1 Å². The summed E-state index contributed by atoms with van der Waals surface area (Å²) in [5, 5.41) is 2.65. The highest BCUT2D eigenvalue weighted by Gasteiger charge is 2.21. The molecule has 84 valence electrons. The lowest BCUT2D eigenvalue weighted by Crippen LogP contribution is -2.08. The highest BCUT2D eigenvalue weighted by atomic mass is 16.5. The molecule has 0 unspecified atom stereocenters. The van der Waals surface area contributed by atoms with E-state index in [2.05, 4.69) is 5.32 Å². The Morgan fingerprint density at radius 1 is 1.47 bits per heavy atom. The number of rotatable bonds is 7. The number of allylic oxidation sites excluding steroid dienone is 4. The van der Waals surface area contributed by atoms with Crippen LogP contribution in [0.15, 0.2) is 23.6 Å². The Kier molecular flexibility index (Phi) is 4.95. The van der Waals surface area contributed by atoms with Gasteiger partial charge in [0.2, 0.25) is 6.41 Å². The minimum absolute atomic E-state index is 0.698. The van der Waals surface area contributed by atoms with E-state index in [-0.39, 0.29) is 0 Å². The molecule has 0 spiro atoms. The van der Waals surface area contributed by atoms with Gasteiger partial charge in [0.1, 0.15) is 0 Å². The van der Waals surface area contributed by atoms with Crippen LogP contribution in [0.5, 0.6) is 0 Å². The molecule has 0 aliphatic heterocycles. The third kappa shape index (κ3) is 5.25. The lowest BCUT2D eigenvalue weighted by Gasteiger charge is -2.04. The maximum Gasteiger partial charge on any atom is 0.211 e. The average molecular weight is 209 g/mol. The van der Waals surface area contributed by atoms with Gasteiger partial charge >= 0.3 is 0 Å². The van der Waals surface area contributed by atoms with Crippen LogP contribution in [0, 0.1) is 5.92 Å². The zero-order valence-electron chi connectivity index (χ0n) is 9.45. The lowest BCUT2D eigenvalue weighted by molar-refractivity contribution is -0.108. The molecule has 15 heavy (non-hydrogen) atoms. The first-order chi connectivity index (χ1) is 7.26. The zero-order valence-corrected chi connectivity index (χ0v) is 9.45. The van der Waals surface area contributed by atoms with E-state index in [1.54, 1.807) is 0 Å². The highest BCUT2D eigenvalue weighted by molar-refractivity contribution is 5.50. The molecule has 0 saturated heterocycles. The Bertz CT molecular complexity index is 265. The fourth-order valence-corrected chi connectivity index (χ4v) is 1.14. The van der Waals surface area contributed by atoms with Crippen molar-refractivity contribution in [2.75, 3.05) is 6.61 Å². The number of amides is 1. The van der Waals surface area contributed by atoms with Gasteiger partial charge in [-0.05, 0) is 44.3 Å². The Labute approximate surface area is 91.2 Å². The smallest absolute Gasteiger partial charge is 0.211 e. The quantitative estimate of drug-likeness (QED) is 0.397. The van der Waals surface area contributed by atoms with Gasteiger partial charge in [-0.1, -0.05) is 6.92 Å². The summed E-state index contributed by atoms with van der Waals surface area (Å²) >= 11 is 0. The van der Waals surface area contributed by atoms with Gasteiger partial charge in [0.25, 0.3) is 0 Å². The first kappa shape index (κ1) is 11.8. The van der Waals surface area contributed by atoms with E-state index in [9.17, 15) is 4.79 Å². The fraction of sp³-hybridized carbons (Fsp3) is 0.583. The molecule has 0 aromatic carbocycles. The van der Waals surface area contributed by atoms with Crippen molar-refractivity contribution in [3.05, 3.63) is 23.6 Å². The largest absolute Gasteiger partial charge is 0.498 e. The summed E-state index contributed by atoms with van der Waals surface area (Å²) in [6, 6.07) is 0. The molecule has 0 heterocycles. The van der Waals surface area contributed by atoms with Crippen molar-refractivity contribution in [2.45, 2.75) is 33.1 Å². The molecule has 3 nitrogen and oxygen atoms in total. The van der Waals surface area contributed by atoms with E-state index in [4.69, 9.17) is 4.74 Å². The van der Waals surface area contributed by atoms with E-state index in [0.29, 0.717) is 6.41 Å². The van der Waals surface area contributed by atoms with Crippen LogP contribution in [0.3, 0.4) is 0 Å². The van der Waals surface area contributed by atoms with E-state index in [1.165, 1.54) is 12.8 Å². The van der Waals surface area contributed by atoms with Crippen molar-refractivity contribution in [2.24, 2.45) is 5.92 Å². The molecule has 1 rings (SSSR count). The van der Waals surface area contributed by atoms with E-state index >= 15 is 0 Å². The summed E-state index contributed by atoms with van der Waals surface area (Å²) < 4.78 is 5.54. The Balaban J connectivity index is 2.33. The summed E-state index contributed by atoms with van der Waals surface area (Å²) in [5.41, 5.74) is 0.902. The van der Waals surface area contributed by atoms with Crippen molar-refractivity contribution in [1.29, 1.82) is 0 Å². The Morgan fingerprint density at radius 2 is 2.20 bits per heavy atom. The molecule has 0 atom stereocenters. The van der Waals surface area contributed by atoms with Crippen LogP contribution >= 0.6 is 0 Å². The minimum atomic E-state index is 0.698. The SMILES string of the molecule is CC/C(=C\C=C(/C)OCC1CC1)NC=O. The summed E-state index contributed by atoms with van der Waals surface area (Å²) in [5.74, 6) is 1.68. The van der Waals surface area contributed by atoms with Crippen LogP contribution < -0.4 is 5.32 Å². The summed E-state index contributed by atoms with van der Waals surface area (Å²) in [6.07, 6.45) is 7.90. The van der Waals surface area contributed by atoms with Crippen LogP contribution in [-0.2, 0) is 9.53 Å². The van der Waals surface area contributed by atoms with Gasteiger partial charge in [0, 0.05) is 5.70 Å². The molecule has 1 N–H and O–H groups in total. The Morgan fingerprint density at radius 3 is 2.73 bits per heavy atom. The third-order valence-electron chi connectivity index (χ3n) is 2.39. The number of hydrogen-bond donors (Lipinski definition) is 1. The van der Waals surface area contributed by atoms with Crippen LogP contribution in [-0.4, -0.2) is 13.0 Å². The standard InChI is InChI=1S/C12H19NO2/c1-3-12(13-9-14)7-4-10(2)15-8-11-5-6-11/h4,7,9,11H,3,5-6,8H2,1-2H3,(H,13,14)/b10-4+,12-7+. The molecule has 0 bridgehead atoms. The van der Waals surface area contributed by atoms with Crippen LogP contribution in [0.4, 0.5) is 0 Å². The van der Waals surface area contributed by atoms with Gasteiger partial charge in [-0.25, -0.2) is 0 Å². The number of ether oxygens (including phenoxy) is 1. The predicted molar refractivity (Wildman–Crippen MR) is 60.0 cm³/mol. The van der Waals surface area contributed by atoms with Crippen LogP contribution in [0.25, 0.3) is 0 Å². The predicted octanol–water partition coefficient (Wildman–Crippen LogP) is 2.36. The topological polar surface area (TPSA) is 38.3 Å². The number of carbonyl (C=O) groups excluding carboxylic acids is 1. The van der Waals surface area contributed by atoms with Crippen molar-refractivity contribution >= 4 is 6.41 Å². The second-order valence-corrected chi connectivity index (χ2v) is 3.84. The van der Waals surface area contributed by atoms with E-state index in [1.807, 2.05) is 26.0 Å². The zero-order chi connectivity index (χ0) is 11.1. The van der Waals surface area contributed by atoms with Crippen molar-refractivity contribution in [3.8, 4) is 0 Å². The summed E-state index contributed by atoms with van der Waals surface area (Å²) in [7, 11) is 0. The van der Waals surface area contributed by atoms with Gasteiger partial charge in [-0.15, -0.1) is 0 Å². The normalized spacial score (nSPS) is 17.5. The second-order valence-electron chi connectivity index (χ2n) is 3.84. The molecule has 3 heteroatoms. The van der Waals surface area contributed by atoms with Gasteiger partial charge in [0.15, 0.2) is 0 Å². The van der Waals surface area contributed by atoms with Crippen LogP contribution in [0.1, 0.15) is 33.1 Å². The molecular formula is C12H19NO2. The summed E-state index contributed by atoms with van der Waals surface area (Å²) in [6.45, 7) is 4.77. The third-order valence-corrected chi connectivity index (χ3v) is 2.39. The Hall–Kier alpha value is -1.25. The van der Waals surface area contributed by atoms with Crippen LogP contribution in [0.2, 0.25) is 0 Å². The van der Waals surface area contributed by atoms with Gasteiger partial charge in [-0.3, -0.25) is 4.79 Å². The van der Waals surface area contributed by atoms with Crippen molar-refractivity contribution < 1.29 is 9.53 Å². The molecule has 0 aromatic rings. The van der Waals surface area contributed by atoms with Crippen molar-refractivity contribution in [3.63, 3.8) is 0 Å².